The highest BCUT2D eigenvalue weighted by Gasteiger charge is 2.14. The lowest BCUT2D eigenvalue weighted by Crippen LogP contribution is -2.06. The number of para-hydroxylation sites is 1. The number of carbonyl (C=O) groups excluding carboxylic acids is 1. The fraction of sp³-hybridized carbons (Fsp3) is 0.211. The van der Waals surface area contributed by atoms with Crippen LogP contribution in [0.1, 0.15) is 28.4 Å². The van der Waals surface area contributed by atoms with Crippen molar-refractivity contribution >= 4 is 17.7 Å². The Balaban J connectivity index is 1.82. The molecule has 0 amide bonds. The fourth-order valence-electron chi connectivity index (χ4n) is 2.69. The molecule has 0 radical (unpaired) electrons. The SMILES string of the molecule is COC(=O)c1cccc(C=C(C)Cc2ccc3c(c2)OCO3)c1N. The summed E-state index contributed by atoms with van der Waals surface area (Å²) in [6.45, 7) is 2.29. The first-order valence-corrected chi connectivity index (χ1v) is 7.61. The Morgan fingerprint density at radius 3 is 2.83 bits per heavy atom. The van der Waals surface area contributed by atoms with Crippen molar-refractivity contribution in [2.75, 3.05) is 19.6 Å². The Morgan fingerprint density at radius 2 is 2.04 bits per heavy atom. The second-order valence-electron chi connectivity index (χ2n) is 5.66. The first kappa shape index (κ1) is 15.9. The van der Waals surface area contributed by atoms with Crippen molar-refractivity contribution in [1.29, 1.82) is 0 Å². The average molecular weight is 325 g/mol. The van der Waals surface area contributed by atoms with Gasteiger partial charge in [-0.05, 0) is 42.7 Å². The Hall–Kier alpha value is -2.95. The first-order chi connectivity index (χ1) is 11.6. The molecule has 0 bridgehead atoms. The number of hydrogen-bond acceptors (Lipinski definition) is 5. The average Bonchev–Trinajstić information content (AvgIpc) is 3.03. The van der Waals surface area contributed by atoms with Crippen LogP contribution in [0.25, 0.3) is 6.08 Å². The van der Waals surface area contributed by atoms with Crippen LogP contribution in [0.15, 0.2) is 42.0 Å². The maximum absolute atomic E-state index is 11.7. The monoisotopic (exact) mass is 325 g/mol. The highest BCUT2D eigenvalue weighted by Crippen LogP contribution is 2.33. The molecule has 1 heterocycles. The van der Waals surface area contributed by atoms with Crippen LogP contribution in [0.2, 0.25) is 0 Å². The van der Waals surface area contributed by atoms with Crippen LogP contribution in [0, 0.1) is 0 Å². The number of carbonyl (C=O) groups is 1. The summed E-state index contributed by atoms with van der Waals surface area (Å²) in [7, 11) is 1.34. The molecule has 24 heavy (non-hydrogen) atoms. The van der Waals surface area contributed by atoms with Crippen molar-refractivity contribution < 1.29 is 19.0 Å². The Bertz CT molecular complexity index is 811. The molecule has 2 aromatic rings. The van der Waals surface area contributed by atoms with Crippen molar-refractivity contribution in [3.8, 4) is 11.5 Å². The second-order valence-corrected chi connectivity index (χ2v) is 5.66. The van der Waals surface area contributed by atoms with E-state index in [2.05, 4.69) is 0 Å². The summed E-state index contributed by atoms with van der Waals surface area (Å²) in [4.78, 5) is 11.7. The Labute approximate surface area is 140 Å². The second kappa shape index (κ2) is 6.66. The van der Waals surface area contributed by atoms with Gasteiger partial charge in [0.2, 0.25) is 6.79 Å². The van der Waals surface area contributed by atoms with Crippen LogP contribution >= 0.6 is 0 Å². The summed E-state index contributed by atoms with van der Waals surface area (Å²) in [5.41, 5.74) is 9.93. The topological polar surface area (TPSA) is 70.8 Å². The third kappa shape index (κ3) is 3.20. The zero-order valence-electron chi connectivity index (χ0n) is 13.7. The van der Waals surface area contributed by atoms with Crippen molar-refractivity contribution in [2.24, 2.45) is 0 Å². The number of allylic oxidation sites excluding steroid dienone is 1. The molecule has 0 spiro atoms. The van der Waals surface area contributed by atoms with E-state index < -0.39 is 5.97 Å². The third-order valence-corrected chi connectivity index (χ3v) is 3.87. The predicted octanol–water partition coefficient (Wildman–Crippen LogP) is 3.43. The number of benzene rings is 2. The van der Waals surface area contributed by atoms with Crippen LogP contribution in [-0.2, 0) is 11.2 Å². The number of esters is 1. The van der Waals surface area contributed by atoms with Crippen LogP contribution in [0.5, 0.6) is 11.5 Å². The molecule has 5 heteroatoms. The van der Waals surface area contributed by atoms with Crippen molar-refractivity contribution in [3.63, 3.8) is 0 Å². The molecule has 0 saturated heterocycles. The van der Waals surface area contributed by atoms with Crippen molar-refractivity contribution in [1.82, 2.24) is 0 Å². The van der Waals surface area contributed by atoms with Gasteiger partial charge in [-0.2, -0.15) is 0 Å². The van der Waals surface area contributed by atoms with Crippen LogP contribution in [0.3, 0.4) is 0 Å². The maximum Gasteiger partial charge on any atom is 0.339 e. The van der Waals surface area contributed by atoms with Gasteiger partial charge < -0.3 is 19.9 Å². The molecular weight excluding hydrogens is 306 g/mol. The van der Waals surface area contributed by atoms with Gasteiger partial charge in [0.1, 0.15) is 0 Å². The van der Waals surface area contributed by atoms with Gasteiger partial charge in [-0.3, -0.25) is 0 Å². The van der Waals surface area contributed by atoms with Crippen molar-refractivity contribution in [2.45, 2.75) is 13.3 Å². The summed E-state index contributed by atoms with van der Waals surface area (Å²) in [6.07, 6.45) is 2.73. The molecule has 1 aliphatic rings. The van der Waals surface area contributed by atoms with E-state index in [1.165, 1.54) is 7.11 Å². The van der Waals surface area contributed by atoms with Crippen molar-refractivity contribution in [3.05, 3.63) is 58.7 Å². The highest BCUT2D eigenvalue weighted by molar-refractivity contribution is 5.97. The van der Waals surface area contributed by atoms with E-state index in [0.717, 1.165) is 34.6 Å². The molecule has 0 unspecified atom stereocenters. The van der Waals surface area contributed by atoms with E-state index in [0.29, 0.717) is 11.3 Å². The smallest absolute Gasteiger partial charge is 0.339 e. The minimum Gasteiger partial charge on any atom is -0.465 e. The predicted molar refractivity (Wildman–Crippen MR) is 92.1 cm³/mol. The van der Waals surface area contributed by atoms with Gasteiger partial charge in [0, 0.05) is 0 Å². The molecule has 0 aromatic heterocycles. The summed E-state index contributed by atoms with van der Waals surface area (Å²) < 4.78 is 15.5. The number of hydrogen-bond donors (Lipinski definition) is 1. The molecule has 2 aromatic carbocycles. The molecule has 0 atom stereocenters. The van der Waals surface area contributed by atoms with Gasteiger partial charge in [0.15, 0.2) is 11.5 Å². The summed E-state index contributed by atoms with van der Waals surface area (Å²) in [5.74, 6) is 1.11. The van der Waals surface area contributed by atoms with E-state index >= 15 is 0 Å². The van der Waals surface area contributed by atoms with E-state index in [1.54, 1.807) is 12.1 Å². The number of nitrogen functional groups attached to an aromatic ring is 1. The van der Waals surface area contributed by atoms with E-state index in [4.69, 9.17) is 19.9 Å². The van der Waals surface area contributed by atoms with Gasteiger partial charge in [0.05, 0.1) is 18.4 Å². The van der Waals surface area contributed by atoms with E-state index in [1.807, 2.05) is 37.3 Å². The van der Waals surface area contributed by atoms with Gasteiger partial charge in [-0.25, -0.2) is 4.79 Å². The van der Waals surface area contributed by atoms with Gasteiger partial charge in [-0.15, -0.1) is 0 Å². The molecule has 0 saturated carbocycles. The zero-order chi connectivity index (χ0) is 17.1. The minimum absolute atomic E-state index is 0.268. The van der Waals surface area contributed by atoms with Crippen LogP contribution in [-0.4, -0.2) is 19.9 Å². The quantitative estimate of drug-likeness (QED) is 0.689. The molecule has 0 fully saturated rings. The first-order valence-electron chi connectivity index (χ1n) is 7.61. The summed E-state index contributed by atoms with van der Waals surface area (Å²) >= 11 is 0. The molecule has 1 aliphatic heterocycles. The zero-order valence-corrected chi connectivity index (χ0v) is 13.7. The normalized spacial score (nSPS) is 13.0. The van der Waals surface area contributed by atoms with Crippen LogP contribution < -0.4 is 15.2 Å². The highest BCUT2D eigenvalue weighted by atomic mass is 16.7. The number of rotatable bonds is 4. The fourth-order valence-corrected chi connectivity index (χ4v) is 2.69. The summed E-state index contributed by atoms with van der Waals surface area (Å²) in [6, 6.07) is 11.2. The molecule has 0 aliphatic carbocycles. The lowest BCUT2D eigenvalue weighted by Gasteiger charge is -2.08. The van der Waals surface area contributed by atoms with E-state index in [9.17, 15) is 4.79 Å². The number of methoxy groups -OCH3 is 1. The molecule has 124 valence electrons. The van der Waals surface area contributed by atoms with E-state index in [-0.39, 0.29) is 6.79 Å². The van der Waals surface area contributed by atoms with Gasteiger partial charge in [-0.1, -0.05) is 29.8 Å². The van der Waals surface area contributed by atoms with Gasteiger partial charge in [0.25, 0.3) is 0 Å². The molecule has 2 N–H and O–H groups in total. The third-order valence-electron chi connectivity index (χ3n) is 3.87. The lowest BCUT2D eigenvalue weighted by atomic mass is 10.0. The molecule has 5 nitrogen and oxygen atoms in total. The lowest BCUT2D eigenvalue weighted by molar-refractivity contribution is 0.0602. The number of nitrogens with two attached hydrogens (primary N) is 1. The summed E-state index contributed by atoms with van der Waals surface area (Å²) in [5, 5.41) is 0. The Kier molecular flexibility index (Phi) is 4.42. The molecule has 3 rings (SSSR count). The molecular formula is C19H19NO4. The standard InChI is InChI=1S/C19H19NO4/c1-12(8-13-6-7-16-17(10-13)24-11-23-16)9-14-4-3-5-15(18(14)20)19(21)22-2/h3-7,9-10H,8,11,20H2,1-2H3. The largest absolute Gasteiger partial charge is 0.465 e. The maximum atomic E-state index is 11.7. The Morgan fingerprint density at radius 1 is 1.25 bits per heavy atom. The number of fused-ring (bicyclic) bond motifs is 1. The van der Waals surface area contributed by atoms with Gasteiger partial charge >= 0.3 is 5.97 Å². The number of ether oxygens (including phenoxy) is 3. The number of anilines is 1. The minimum atomic E-state index is -0.434. The van der Waals surface area contributed by atoms with Crippen LogP contribution in [0.4, 0.5) is 5.69 Å².